The summed E-state index contributed by atoms with van der Waals surface area (Å²) in [5.41, 5.74) is 0. The lowest BCUT2D eigenvalue weighted by Crippen LogP contribution is -2.48. The Hall–Kier alpha value is -0.220. The van der Waals surface area contributed by atoms with Crippen LogP contribution in [-0.2, 0) is 0 Å². The number of hydrogen-bond donors (Lipinski definition) is 1. The zero-order valence-corrected chi connectivity index (χ0v) is 8.97. The summed E-state index contributed by atoms with van der Waals surface area (Å²) in [5.74, 6) is 0. The van der Waals surface area contributed by atoms with E-state index in [-0.39, 0.29) is 12.6 Å². The van der Waals surface area contributed by atoms with Crippen molar-refractivity contribution in [2.24, 2.45) is 0 Å². The van der Waals surface area contributed by atoms with Gasteiger partial charge in [0, 0.05) is 18.6 Å². The molecule has 0 aromatic carbocycles. The molecule has 0 radical (unpaired) electrons. The fraction of sp³-hybridized carbons (Fsp3) is 1.00. The van der Waals surface area contributed by atoms with E-state index >= 15 is 0 Å². The summed E-state index contributed by atoms with van der Waals surface area (Å²) in [5, 5.41) is 3.37. The lowest BCUT2D eigenvalue weighted by molar-refractivity contribution is 0.0471. The summed E-state index contributed by atoms with van der Waals surface area (Å²) in [7, 11) is 0. The molecule has 0 spiro atoms. The van der Waals surface area contributed by atoms with Crippen molar-refractivity contribution in [3.05, 3.63) is 0 Å². The van der Waals surface area contributed by atoms with Gasteiger partial charge in [0.15, 0.2) is 0 Å². The molecule has 2 atom stereocenters. The Morgan fingerprint density at radius 1 is 1.50 bits per heavy atom. The number of nitrogens with one attached hydrogen (secondary N) is 1. The van der Waals surface area contributed by atoms with Crippen LogP contribution >= 0.6 is 0 Å². The molecule has 2 unspecified atom stereocenters. The van der Waals surface area contributed by atoms with Crippen molar-refractivity contribution in [1.29, 1.82) is 0 Å². The molecule has 0 saturated carbocycles. The van der Waals surface area contributed by atoms with Gasteiger partial charge in [0.25, 0.3) is 6.43 Å². The Kier molecular flexibility index (Phi) is 4.75. The molecule has 0 bridgehead atoms. The summed E-state index contributed by atoms with van der Waals surface area (Å²) in [6.45, 7) is 5.80. The number of nitrogens with zero attached hydrogens (tertiary/aromatic N) is 1. The highest BCUT2D eigenvalue weighted by atomic mass is 19.3. The predicted molar refractivity (Wildman–Crippen MR) is 53.7 cm³/mol. The smallest absolute Gasteiger partial charge is 0.251 e. The van der Waals surface area contributed by atoms with E-state index in [1.807, 2.05) is 11.8 Å². The Bertz CT molecular complexity index is 164. The molecule has 1 aliphatic heterocycles. The molecule has 0 aliphatic carbocycles. The third-order valence-electron chi connectivity index (χ3n) is 2.88. The molecule has 0 aromatic heterocycles. The quantitative estimate of drug-likeness (QED) is 0.753. The van der Waals surface area contributed by atoms with Crippen molar-refractivity contribution in [3.63, 3.8) is 0 Å². The molecule has 1 N–H and O–H groups in total. The van der Waals surface area contributed by atoms with Gasteiger partial charge in [-0.2, -0.15) is 0 Å². The van der Waals surface area contributed by atoms with Crippen LogP contribution < -0.4 is 5.32 Å². The first-order valence-electron chi connectivity index (χ1n) is 5.39. The molecule has 0 aromatic rings. The second-order valence-electron chi connectivity index (χ2n) is 4.01. The molecule has 84 valence electrons. The second kappa shape index (κ2) is 5.61. The van der Waals surface area contributed by atoms with Crippen molar-refractivity contribution in [2.75, 3.05) is 19.6 Å². The van der Waals surface area contributed by atoms with E-state index in [1.165, 1.54) is 0 Å². The molecule has 0 amide bonds. The number of halogens is 2. The van der Waals surface area contributed by atoms with Gasteiger partial charge in [-0.3, -0.25) is 4.90 Å². The van der Waals surface area contributed by atoms with E-state index < -0.39 is 6.43 Å². The fourth-order valence-corrected chi connectivity index (χ4v) is 2.14. The summed E-state index contributed by atoms with van der Waals surface area (Å²) >= 11 is 0. The molecule has 1 heterocycles. The molecule has 1 fully saturated rings. The van der Waals surface area contributed by atoms with Crippen LogP contribution in [0.2, 0.25) is 0 Å². The molecule has 4 heteroatoms. The highest BCUT2D eigenvalue weighted by Crippen LogP contribution is 2.18. The minimum atomic E-state index is -2.20. The van der Waals surface area contributed by atoms with Crippen LogP contribution in [-0.4, -0.2) is 43.0 Å². The summed E-state index contributed by atoms with van der Waals surface area (Å²) < 4.78 is 24.4. The monoisotopic (exact) mass is 206 g/mol. The van der Waals surface area contributed by atoms with Crippen LogP contribution in [0.3, 0.4) is 0 Å². The average Bonchev–Trinajstić information content (AvgIpc) is 2.10. The van der Waals surface area contributed by atoms with Crippen LogP contribution in [0.15, 0.2) is 0 Å². The van der Waals surface area contributed by atoms with E-state index in [4.69, 9.17) is 0 Å². The first-order valence-corrected chi connectivity index (χ1v) is 5.39. The topological polar surface area (TPSA) is 15.3 Å². The number of likely N-dealkylation sites (tertiary alicyclic amines) is 1. The van der Waals surface area contributed by atoms with Crippen LogP contribution in [0.25, 0.3) is 0 Å². The minimum absolute atomic E-state index is 0.0694. The molecule has 1 aliphatic rings. The normalized spacial score (nSPS) is 29.8. The largest absolute Gasteiger partial charge is 0.314 e. The van der Waals surface area contributed by atoms with Crippen molar-refractivity contribution in [2.45, 2.75) is 45.2 Å². The minimum Gasteiger partial charge on any atom is -0.314 e. The van der Waals surface area contributed by atoms with Gasteiger partial charge in [0.1, 0.15) is 0 Å². The lowest BCUT2D eigenvalue weighted by atomic mass is 9.98. The van der Waals surface area contributed by atoms with Crippen molar-refractivity contribution in [3.8, 4) is 0 Å². The van der Waals surface area contributed by atoms with Crippen LogP contribution in [0.5, 0.6) is 0 Å². The highest BCUT2D eigenvalue weighted by Gasteiger charge is 2.26. The molecule has 1 rings (SSSR count). The lowest BCUT2D eigenvalue weighted by Gasteiger charge is -2.37. The van der Waals surface area contributed by atoms with Gasteiger partial charge in [-0.05, 0) is 26.3 Å². The highest BCUT2D eigenvalue weighted by molar-refractivity contribution is 4.82. The molecule has 2 nitrogen and oxygen atoms in total. The third kappa shape index (κ3) is 3.50. The van der Waals surface area contributed by atoms with Crippen LogP contribution in [0, 0.1) is 0 Å². The van der Waals surface area contributed by atoms with E-state index in [1.54, 1.807) is 0 Å². The van der Waals surface area contributed by atoms with E-state index in [0.29, 0.717) is 6.04 Å². The molecule has 1 saturated heterocycles. The average molecular weight is 206 g/mol. The molecular weight excluding hydrogens is 186 g/mol. The Balaban J connectivity index is 2.32. The van der Waals surface area contributed by atoms with Gasteiger partial charge >= 0.3 is 0 Å². The standard InChI is InChI=1S/C10H20F2N2/c1-3-13-9-4-5-14(7-10(11)12)8(2)6-9/h8-10,13H,3-7H2,1-2H3. The molecular formula is C10H20F2N2. The van der Waals surface area contributed by atoms with Gasteiger partial charge < -0.3 is 5.32 Å². The van der Waals surface area contributed by atoms with Crippen molar-refractivity contribution >= 4 is 0 Å². The van der Waals surface area contributed by atoms with Gasteiger partial charge in [-0.1, -0.05) is 6.92 Å². The summed E-state index contributed by atoms with van der Waals surface area (Å²) in [6, 6.07) is 0.797. The Labute approximate surface area is 84.7 Å². The second-order valence-corrected chi connectivity index (χ2v) is 4.01. The predicted octanol–water partition coefficient (Wildman–Crippen LogP) is 1.71. The van der Waals surface area contributed by atoms with E-state index in [0.717, 1.165) is 25.9 Å². The van der Waals surface area contributed by atoms with Crippen molar-refractivity contribution in [1.82, 2.24) is 10.2 Å². The van der Waals surface area contributed by atoms with Gasteiger partial charge in [0.05, 0.1) is 6.54 Å². The first-order chi connectivity index (χ1) is 6.63. The zero-order valence-electron chi connectivity index (χ0n) is 8.97. The zero-order chi connectivity index (χ0) is 10.6. The number of piperidine rings is 1. The maximum atomic E-state index is 12.2. The maximum absolute atomic E-state index is 12.2. The SMILES string of the molecule is CCNC1CCN(CC(F)F)C(C)C1. The van der Waals surface area contributed by atoms with Crippen LogP contribution in [0.4, 0.5) is 8.78 Å². The number of rotatable bonds is 4. The van der Waals surface area contributed by atoms with Gasteiger partial charge in [0.2, 0.25) is 0 Å². The maximum Gasteiger partial charge on any atom is 0.251 e. The van der Waals surface area contributed by atoms with Gasteiger partial charge in [-0.25, -0.2) is 8.78 Å². The summed E-state index contributed by atoms with van der Waals surface area (Å²) in [6.07, 6.45) is -0.223. The van der Waals surface area contributed by atoms with Crippen molar-refractivity contribution < 1.29 is 8.78 Å². The van der Waals surface area contributed by atoms with Gasteiger partial charge in [-0.15, -0.1) is 0 Å². The Morgan fingerprint density at radius 2 is 2.21 bits per heavy atom. The van der Waals surface area contributed by atoms with E-state index in [9.17, 15) is 8.78 Å². The van der Waals surface area contributed by atoms with E-state index in [2.05, 4.69) is 12.2 Å². The van der Waals surface area contributed by atoms with Crippen LogP contribution in [0.1, 0.15) is 26.7 Å². The number of alkyl halides is 2. The fourth-order valence-electron chi connectivity index (χ4n) is 2.14. The number of hydrogen-bond acceptors (Lipinski definition) is 2. The molecule has 14 heavy (non-hydrogen) atoms. The summed E-state index contributed by atoms with van der Waals surface area (Å²) in [4.78, 5) is 1.89. The first kappa shape index (κ1) is 11.9. The Morgan fingerprint density at radius 3 is 2.71 bits per heavy atom. The third-order valence-corrected chi connectivity index (χ3v) is 2.88.